The second-order valence-corrected chi connectivity index (χ2v) is 8.10. The molecule has 1 aliphatic rings. The minimum Gasteiger partial charge on any atom is -0.478 e. The van der Waals surface area contributed by atoms with E-state index >= 15 is 0 Å². The summed E-state index contributed by atoms with van der Waals surface area (Å²) in [4.78, 5) is 20.1. The molecule has 0 amide bonds. The van der Waals surface area contributed by atoms with Crippen molar-refractivity contribution in [3.05, 3.63) is 77.8 Å². The number of carboxylic acid groups (broad SMARTS) is 1. The van der Waals surface area contributed by atoms with Crippen molar-refractivity contribution in [3.63, 3.8) is 0 Å². The van der Waals surface area contributed by atoms with Gasteiger partial charge >= 0.3 is 5.97 Å². The van der Waals surface area contributed by atoms with Crippen LogP contribution < -0.4 is 5.32 Å². The van der Waals surface area contributed by atoms with E-state index in [2.05, 4.69) is 20.1 Å². The molecule has 2 atom stereocenters. The molecular formula is C23H24N4O3S. The van der Waals surface area contributed by atoms with Crippen LogP contribution in [0.15, 0.2) is 65.2 Å². The largest absolute Gasteiger partial charge is 0.478 e. The lowest BCUT2D eigenvalue weighted by molar-refractivity contribution is 0.0697. The van der Waals surface area contributed by atoms with E-state index in [9.17, 15) is 9.90 Å². The Morgan fingerprint density at radius 1 is 1.23 bits per heavy atom. The molecule has 1 saturated heterocycles. The molecule has 8 heteroatoms. The summed E-state index contributed by atoms with van der Waals surface area (Å²) in [5.41, 5.74) is 1.82. The number of nitrogens with one attached hydrogen (secondary N) is 1. The van der Waals surface area contributed by atoms with Crippen molar-refractivity contribution in [1.29, 1.82) is 0 Å². The molecule has 7 nitrogen and oxygen atoms in total. The fraction of sp³-hybridized carbons (Fsp3) is 0.261. The highest BCUT2D eigenvalue weighted by Crippen LogP contribution is 2.40. The summed E-state index contributed by atoms with van der Waals surface area (Å²) >= 11 is 5.65. The Morgan fingerprint density at radius 3 is 2.77 bits per heavy atom. The number of likely N-dealkylation sites (N-methyl/N-ethyl adjacent to an activating group) is 1. The summed E-state index contributed by atoms with van der Waals surface area (Å²) in [6.07, 6.45) is 1.77. The maximum absolute atomic E-state index is 11.3. The number of hydrogen-bond donors (Lipinski definition) is 2. The number of carboxylic acids is 1. The third kappa shape index (κ3) is 4.45. The predicted octanol–water partition coefficient (Wildman–Crippen LogP) is 3.57. The minimum atomic E-state index is -0.968. The quantitative estimate of drug-likeness (QED) is 0.544. The van der Waals surface area contributed by atoms with Gasteiger partial charge in [0.1, 0.15) is 17.6 Å². The van der Waals surface area contributed by atoms with Crippen LogP contribution in [0.2, 0.25) is 0 Å². The Balaban J connectivity index is 1.70. The SMILES string of the molecule is CN(C)CCN1C(=S)NC(c2ccccn2)C1c1ccc(-c2cccc(C(=O)O)c2)o1. The van der Waals surface area contributed by atoms with Crippen molar-refractivity contribution < 1.29 is 14.3 Å². The van der Waals surface area contributed by atoms with Crippen LogP contribution in [0.1, 0.15) is 33.9 Å². The molecule has 0 bridgehead atoms. The van der Waals surface area contributed by atoms with Gasteiger partial charge in [-0.1, -0.05) is 18.2 Å². The van der Waals surface area contributed by atoms with Crippen molar-refractivity contribution >= 4 is 23.3 Å². The van der Waals surface area contributed by atoms with E-state index in [0.717, 1.165) is 24.5 Å². The standard InChI is InChI=1S/C23H24N4O3S/c1-26(2)12-13-27-21(20(25-23(27)31)17-8-3-4-11-24-17)19-10-9-18(30-19)15-6-5-7-16(14-15)22(28)29/h3-11,14,20-21H,12-13H2,1-2H3,(H,25,31)(H,28,29). The first-order valence-electron chi connectivity index (χ1n) is 10.0. The summed E-state index contributed by atoms with van der Waals surface area (Å²) in [5, 5.41) is 13.4. The van der Waals surface area contributed by atoms with Gasteiger partial charge in [0.15, 0.2) is 5.11 Å². The van der Waals surface area contributed by atoms with Crippen molar-refractivity contribution in [1.82, 2.24) is 20.1 Å². The number of rotatable bonds is 7. The van der Waals surface area contributed by atoms with E-state index in [1.807, 2.05) is 50.5 Å². The fourth-order valence-corrected chi connectivity index (χ4v) is 4.07. The maximum atomic E-state index is 11.3. The zero-order valence-corrected chi connectivity index (χ0v) is 18.2. The number of aromatic carboxylic acids is 1. The van der Waals surface area contributed by atoms with Gasteiger partial charge < -0.3 is 24.6 Å². The highest BCUT2D eigenvalue weighted by atomic mass is 32.1. The van der Waals surface area contributed by atoms with Gasteiger partial charge in [0.2, 0.25) is 0 Å². The van der Waals surface area contributed by atoms with Crippen molar-refractivity contribution in [3.8, 4) is 11.3 Å². The Kier molecular flexibility index (Phi) is 6.01. The molecule has 1 fully saturated rings. The molecule has 2 N–H and O–H groups in total. The average Bonchev–Trinajstić information content (AvgIpc) is 3.37. The molecular weight excluding hydrogens is 412 g/mol. The van der Waals surface area contributed by atoms with E-state index in [0.29, 0.717) is 16.4 Å². The van der Waals surface area contributed by atoms with Crippen molar-refractivity contribution in [2.24, 2.45) is 0 Å². The first-order valence-corrected chi connectivity index (χ1v) is 10.4. The number of furan rings is 1. The molecule has 0 radical (unpaired) electrons. The Bertz CT molecular complexity index is 1080. The third-order valence-electron chi connectivity index (χ3n) is 5.30. The summed E-state index contributed by atoms with van der Waals surface area (Å²) in [6.45, 7) is 1.57. The van der Waals surface area contributed by atoms with E-state index in [1.54, 1.807) is 24.4 Å². The zero-order chi connectivity index (χ0) is 22.0. The number of carbonyl (C=O) groups is 1. The van der Waals surface area contributed by atoms with Crippen LogP contribution in [0.3, 0.4) is 0 Å². The highest BCUT2D eigenvalue weighted by Gasteiger charge is 2.41. The monoisotopic (exact) mass is 436 g/mol. The van der Waals surface area contributed by atoms with Crippen LogP contribution in [-0.2, 0) is 0 Å². The number of benzene rings is 1. The van der Waals surface area contributed by atoms with Crippen molar-refractivity contribution in [2.45, 2.75) is 12.1 Å². The molecule has 0 saturated carbocycles. The van der Waals surface area contributed by atoms with Crippen LogP contribution in [0, 0.1) is 0 Å². The molecule has 3 heterocycles. The molecule has 2 aromatic heterocycles. The molecule has 1 aliphatic heterocycles. The molecule has 0 spiro atoms. The molecule has 0 aliphatic carbocycles. The van der Waals surface area contributed by atoms with Gasteiger partial charge in [-0.3, -0.25) is 4.98 Å². The van der Waals surface area contributed by atoms with Gasteiger partial charge in [0.05, 0.1) is 17.3 Å². The fourth-order valence-electron chi connectivity index (χ4n) is 3.74. The van der Waals surface area contributed by atoms with Gasteiger partial charge in [-0.05, 0) is 62.7 Å². The van der Waals surface area contributed by atoms with Crippen LogP contribution in [0.4, 0.5) is 0 Å². The summed E-state index contributed by atoms with van der Waals surface area (Å²) < 4.78 is 6.25. The number of nitrogens with zero attached hydrogens (tertiary/aromatic N) is 3. The van der Waals surface area contributed by atoms with E-state index in [4.69, 9.17) is 16.6 Å². The van der Waals surface area contributed by atoms with E-state index in [1.165, 1.54) is 0 Å². The van der Waals surface area contributed by atoms with Gasteiger partial charge in [-0.15, -0.1) is 0 Å². The smallest absolute Gasteiger partial charge is 0.335 e. The first-order chi connectivity index (χ1) is 14.9. The molecule has 2 unspecified atom stereocenters. The third-order valence-corrected chi connectivity index (χ3v) is 5.65. The number of aromatic nitrogens is 1. The Hall–Kier alpha value is -3.23. The number of hydrogen-bond acceptors (Lipinski definition) is 5. The second-order valence-electron chi connectivity index (χ2n) is 7.71. The summed E-state index contributed by atoms with van der Waals surface area (Å²) in [7, 11) is 4.05. The van der Waals surface area contributed by atoms with Gasteiger partial charge in [-0.25, -0.2) is 4.79 Å². The van der Waals surface area contributed by atoms with Crippen LogP contribution in [0.25, 0.3) is 11.3 Å². The lowest BCUT2D eigenvalue weighted by atomic mass is 10.0. The van der Waals surface area contributed by atoms with Gasteiger partial charge in [-0.2, -0.15) is 0 Å². The number of pyridine rings is 1. The zero-order valence-electron chi connectivity index (χ0n) is 17.4. The molecule has 31 heavy (non-hydrogen) atoms. The minimum absolute atomic E-state index is 0.153. The maximum Gasteiger partial charge on any atom is 0.335 e. The number of thiocarbonyl (C=S) groups is 1. The predicted molar refractivity (Wildman–Crippen MR) is 122 cm³/mol. The van der Waals surface area contributed by atoms with E-state index in [-0.39, 0.29) is 17.6 Å². The van der Waals surface area contributed by atoms with Gasteiger partial charge in [0, 0.05) is 24.8 Å². The van der Waals surface area contributed by atoms with Crippen LogP contribution in [0.5, 0.6) is 0 Å². The Morgan fingerprint density at radius 2 is 2.06 bits per heavy atom. The first kappa shape index (κ1) is 21.0. The van der Waals surface area contributed by atoms with Gasteiger partial charge in [0.25, 0.3) is 0 Å². The lowest BCUT2D eigenvalue weighted by Gasteiger charge is -2.27. The molecule has 3 aromatic rings. The molecule has 4 rings (SSSR count). The average molecular weight is 437 g/mol. The second kappa shape index (κ2) is 8.87. The van der Waals surface area contributed by atoms with Crippen molar-refractivity contribution in [2.75, 3.05) is 27.2 Å². The van der Waals surface area contributed by atoms with Crippen LogP contribution in [-0.4, -0.2) is 58.2 Å². The summed E-state index contributed by atoms with van der Waals surface area (Å²) in [5.74, 6) is 0.393. The topological polar surface area (TPSA) is 81.8 Å². The normalized spacial score (nSPS) is 18.4. The Labute approximate surface area is 186 Å². The lowest BCUT2D eigenvalue weighted by Crippen LogP contribution is -2.35. The summed E-state index contributed by atoms with van der Waals surface area (Å²) in [6, 6.07) is 16.0. The van der Waals surface area contributed by atoms with Crippen LogP contribution >= 0.6 is 12.2 Å². The van der Waals surface area contributed by atoms with E-state index < -0.39 is 5.97 Å². The highest BCUT2D eigenvalue weighted by molar-refractivity contribution is 7.80. The molecule has 160 valence electrons. The molecule has 1 aromatic carbocycles.